The first kappa shape index (κ1) is 22.5. The third-order valence-electron chi connectivity index (χ3n) is 5.38. The molecule has 4 heterocycles. The van der Waals surface area contributed by atoms with Gasteiger partial charge in [-0.25, -0.2) is 22.8 Å². The number of rotatable bonds is 7. The number of ether oxygens (including phenoxy) is 1. The van der Waals surface area contributed by atoms with E-state index in [1.54, 1.807) is 35.4 Å². The summed E-state index contributed by atoms with van der Waals surface area (Å²) in [6, 6.07) is 10.0. The minimum atomic E-state index is -3.52. The quantitative estimate of drug-likeness (QED) is 0.354. The molecule has 5 rings (SSSR count). The van der Waals surface area contributed by atoms with Crippen molar-refractivity contribution in [2.45, 2.75) is 6.54 Å². The van der Waals surface area contributed by atoms with Gasteiger partial charge in [-0.2, -0.15) is 5.10 Å². The molecule has 5 aromatic rings. The van der Waals surface area contributed by atoms with Gasteiger partial charge in [0.1, 0.15) is 17.2 Å². The smallest absolute Gasteiger partial charge is 0.238 e. The second kappa shape index (κ2) is 8.84. The number of aromatic amines is 1. The maximum atomic E-state index is 13.5. The Kier molecular flexibility index (Phi) is 5.69. The SMILES string of the molecule is COc1ncc(-c2cnc3[nH]cc(-c4cnn(Cc5cccc(F)c5)c4)c3c2)cc1NS(C)(=O)=O. The molecule has 9 nitrogen and oxygen atoms in total. The lowest BCUT2D eigenvalue weighted by molar-refractivity contribution is 0.400. The first-order valence-corrected chi connectivity index (χ1v) is 12.4. The normalized spacial score (nSPS) is 11.6. The number of methoxy groups -OCH3 is 1. The third-order valence-corrected chi connectivity index (χ3v) is 5.97. The molecule has 0 fully saturated rings. The summed E-state index contributed by atoms with van der Waals surface area (Å²) in [6.45, 7) is 0.442. The van der Waals surface area contributed by atoms with Crippen LogP contribution in [0, 0.1) is 5.82 Å². The molecule has 0 atom stereocenters. The van der Waals surface area contributed by atoms with E-state index in [1.165, 1.54) is 19.2 Å². The van der Waals surface area contributed by atoms with E-state index >= 15 is 0 Å². The zero-order valence-electron chi connectivity index (χ0n) is 18.9. The average molecular weight is 493 g/mol. The van der Waals surface area contributed by atoms with Crippen molar-refractivity contribution >= 4 is 26.7 Å². The van der Waals surface area contributed by atoms with E-state index in [9.17, 15) is 12.8 Å². The largest absolute Gasteiger partial charge is 0.480 e. The lowest BCUT2D eigenvalue weighted by Gasteiger charge is -2.11. The average Bonchev–Trinajstić information content (AvgIpc) is 3.44. The molecule has 0 amide bonds. The highest BCUT2D eigenvalue weighted by molar-refractivity contribution is 7.92. The van der Waals surface area contributed by atoms with Crippen molar-refractivity contribution < 1.29 is 17.5 Å². The fourth-order valence-corrected chi connectivity index (χ4v) is 4.40. The van der Waals surface area contributed by atoms with Crippen LogP contribution >= 0.6 is 0 Å². The van der Waals surface area contributed by atoms with Crippen molar-refractivity contribution in [3.63, 3.8) is 0 Å². The minimum Gasteiger partial charge on any atom is -0.480 e. The highest BCUT2D eigenvalue weighted by atomic mass is 32.2. The van der Waals surface area contributed by atoms with E-state index in [-0.39, 0.29) is 17.4 Å². The summed E-state index contributed by atoms with van der Waals surface area (Å²) >= 11 is 0. The van der Waals surface area contributed by atoms with Crippen molar-refractivity contribution in [3.05, 3.63) is 78.8 Å². The van der Waals surface area contributed by atoms with Gasteiger partial charge in [0.05, 0.1) is 26.1 Å². The van der Waals surface area contributed by atoms with Crippen molar-refractivity contribution in [2.24, 2.45) is 0 Å². The fourth-order valence-electron chi connectivity index (χ4n) is 3.86. The monoisotopic (exact) mass is 492 g/mol. The van der Waals surface area contributed by atoms with E-state index in [2.05, 4.69) is 24.8 Å². The highest BCUT2D eigenvalue weighted by Crippen LogP contribution is 2.33. The molecule has 0 spiro atoms. The number of hydrogen-bond acceptors (Lipinski definition) is 6. The topological polar surface area (TPSA) is 115 Å². The number of halogens is 1. The summed E-state index contributed by atoms with van der Waals surface area (Å²) in [4.78, 5) is 11.9. The second-order valence-corrected chi connectivity index (χ2v) is 9.78. The number of H-pyrrole nitrogens is 1. The molecule has 35 heavy (non-hydrogen) atoms. The Morgan fingerprint density at radius 3 is 2.66 bits per heavy atom. The van der Waals surface area contributed by atoms with Gasteiger partial charge in [-0.15, -0.1) is 0 Å². The molecule has 0 saturated carbocycles. The predicted octanol–water partition coefficient (Wildman–Crippen LogP) is 4.06. The van der Waals surface area contributed by atoms with Crippen molar-refractivity contribution in [3.8, 4) is 28.1 Å². The summed E-state index contributed by atoms with van der Waals surface area (Å²) in [7, 11) is -2.10. The number of nitrogens with zero attached hydrogens (tertiary/aromatic N) is 4. The van der Waals surface area contributed by atoms with Crippen LogP contribution in [-0.2, 0) is 16.6 Å². The molecule has 11 heteroatoms. The molecule has 0 unspecified atom stereocenters. The van der Waals surface area contributed by atoms with E-state index in [1.807, 2.05) is 24.5 Å². The van der Waals surface area contributed by atoms with Gasteiger partial charge >= 0.3 is 0 Å². The Bertz CT molecular complexity index is 1640. The summed E-state index contributed by atoms with van der Waals surface area (Å²) in [5.41, 5.74) is 4.93. The molecule has 0 bridgehead atoms. The van der Waals surface area contributed by atoms with Gasteiger partial charge in [0, 0.05) is 52.4 Å². The first-order chi connectivity index (χ1) is 16.8. The lowest BCUT2D eigenvalue weighted by Crippen LogP contribution is -2.11. The van der Waals surface area contributed by atoms with Gasteiger partial charge < -0.3 is 9.72 Å². The van der Waals surface area contributed by atoms with E-state index in [0.29, 0.717) is 17.8 Å². The number of nitrogens with one attached hydrogen (secondary N) is 2. The molecular weight excluding hydrogens is 471 g/mol. The van der Waals surface area contributed by atoms with Crippen LogP contribution in [0.5, 0.6) is 5.88 Å². The van der Waals surface area contributed by atoms with E-state index in [0.717, 1.165) is 33.9 Å². The standard InChI is InChI=1S/C24H21FN6O3S/c1-34-24-22(30-35(2,32)33)8-17(10-28-24)16-7-20-21(12-27-23(20)26-9-16)18-11-29-31(14-18)13-15-4-3-5-19(25)6-15/h3-12,14,30H,13H2,1-2H3,(H,26,27). The molecule has 0 saturated heterocycles. The molecule has 4 aromatic heterocycles. The van der Waals surface area contributed by atoms with Crippen molar-refractivity contribution in [1.29, 1.82) is 0 Å². The van der Waals surface area contributed by atoms with Gasteiger partial charge in [0.15, 0.2) is 0 Å². The van der Waals surface area contributed by atoms with Crippen LogP contribution < -0.4 is 9.46 Å². The van der Waals surface area contributed by atoms with Crippen LogP contribution in [0.25, 0.3) is 33.3 Å². The van der Waals surface area contributed by atoms with Crippen LogP contribution in [0.3, 0.4) is 0 Å². The van der Waals surface area contributed by atoms with Crippen LogP contribution in [0.15, 0.2) is 67.4 Å². The first-order valence-electron chi connectivity index (χ1n) is 10.6. The molecule has 178 valence electrons. The van der Waals surface area contributed by atoms with Crippen molar-refractivity contribution in [2.75, 3.05) is 18.1 Å². The summed E-state index contributed by atoms with van der Waals surface area (Å²) in [5, 5.41) is 5.28. The van der Waals surface area contributed by atoms with Crippen LogP contribution in [0.2, 0.25) is 0 Å². The number of benzene rings is 1. The van der Waals surface area contributed by atoms with Gasteiger partial charge in [0.2, 0.25) is 15.9 Å². The molecule has 0 aliphatic rings. The van der Waals surface area contributed by atoms with Crippen LogP contribution in [-0.4, -0.2) is 46.5 Å². The Labute approximate surface area is 200 Å². The lowest BCUT2D eigenvalue weighted by atomic mass is 10.0. The molecular formula is C24H21FN6O3S. The van der Waals surface area contributed by atoms with Gasteiger partial charge in [-0.05, 0) is 29.8 Å². The number of pyridine rings is 2. The van der Waals surface area contributed by atoms with Gasteiger partial charge in [-0.3, -0.25) is 9.40 Å². The zero-order valence-corrected chi connectivity index (χ0v) is 19.7. The molecule has 0 aliphatic carbocycles. The maximum absolute atomic E-state index is 13.5. The van der Waals surface area contributed by atoms with Gasteiger partial charge in [-0.1, -0.05) is 12.1 Å². The maximum Gasteiger partial charge on any atom is 0.238 e. The Hall–Kier alpha value is -4.25. The van der Waals surface area contributed by atoms with Gasteiger partial charge in [0.25, 0.3) is 0 Å². The van der Waals surface area contributed by atoms with Crippen molar-refractivity contribution in [1.82, 2.24) is 24.7 Å². The molecule has 0 aliphatic heterocycles. The summed E-state index contributed by atoms with van der Waals surface area (Å²) in [5.74, 6) is -0.116. The summed E-state index contributed by atoms with van der Waals surface area (Å²) < 4.78 is 46.4. The molecule has 0 radical (unpaired) electrons. The minimum absolute atomic E-state index is 0.168. The zero-order chi connectivity index (χ0) is 24.6. The summed E-state index contributed by atoms with van der Waals surface area (Å²) in [6.07, 6.45) is 9.84. The second-order valence-electron chi connectivity index (χ2n) is 8.03. The highest BCUT2D eigenvalue weighted by Gasteiger charge is 2.14. The Morgan fingerprint density at radius 2 is 1.89 bits per heavy atom. The fraction of sp³-hybridized carbons (Fsp3) is 0.125. The Balaban J connectivity index is 1.49. The van der Waals surface area contributed by atoms with E-state index in [4.69, 9.17) is 4.74 Å². The third kappa shape index (κ3) is 4.85. The number of fused-ring (bicyclic) bond motifs is 1. The van der Waals surface area contributed by atoms with Crippen LogP contribution in [0.1, 0.15) is 5.56 Å². The number of hydrogen-bond donors (Lipinski definition) is 2. The number of sulfonamides is 1. The van der Waals surface area contributed by atoms with E-state index < -0.39 is 10.0 Å². The Morgan fingerprint density at radius 1 is 1.09 bits per heavy atom. The molecule has 2 N–H and O–H groups in total. The predicted molar refractivity (Wildman–Crippen MR) is 131 cm³/mol. The number of aromatic nitrogens is 5. The van der Waals surface area contributed by atoms with Crippen LogP contribution in [0.4, 0.5) is 10.1 Å². The number of anilines is 1. The molecule has 1 aromatic carbocycles.